The Morgan fingerprint density at radius 1 is 1.19 bits per heavy atom. The smallest absolute Gasteiger partial charge is 0.317 e. The fourth-order valence-electron chi connectivity index (χ4n) is 2.94. The Morgan fingerprint density at radius 3 is 2.38 bits per heavy atom. The molecule has 0 heterocycles. The molecule has 6 heteroatoms. The third-order valence-corrected chi connectivity index (χ3v) is 4.01. The summed E-state index contributed by atoms with van der Waals surface area (Å²) in [5.74, 6) is -0.888. The molecule has 0 aromatic heterocycles. The van der Waals surface area contributed by atoms with Gasteiger partial charge in [-0.3, -0.25) is 14.5 Å². The van der Waals surface area contributed by atoms with E-state index in [9.17, 15) is 9.59 Å². The number of carbonyl (C=O) groups is 2. The van der Waals surface area contributed by atoms with Crippen molar-refractivity contribution in [1.29, 1.82) is 0 Å². The molecule has 1 N–H and O–H groups in total. The van der Waals surface area contributed by atoms with Gasteiger partial charge in [0, 0.05) is 26.2 Å². The van der Waals surface area contributed by atoms with Crippen molar-refractivity contribution in [1.82, 2.24) is 9.80 Å². The van der Waals surface area contributed by atoms with Crippen molar-refractivity contribution in [2.24, 2.45) is 0 Å². The number of amides is 1. The number of nitrogens with zero attached hydrogens (tertiary/aromatic N) is 2. The first-order valence-corrected chi connectivity index (χ1v) is 7.81. The molecule has 0 aliphatic heterocycles. The predicted molar refractivity (Wildman–Crippen MR) is 80.2 cm³/mol. The van der Waals surface area contributed by atoms with Crippen LogP contribution in [0.5, 0.6) is 0 Å². The number of hydrogen-bond donors (Lipinski definition) is 1. The Hall–Kier alpha value is -1.14. The molecule has 6 nitrogen and oxygen atoms in total. The molecular formula is C15H28N2O4. The molecule has 1 aliphatic rings. The molecule has 0 aromatic carbocycles. The average molecular weight is 300 g/mol. The van der Waals surface area contributed by atoms with Crippen LogP contribution in [-0.4, -0.2) is 72.7 Å². The lowest BCUT2D eigenvalue weighted by molar-refractivity contribution is -0.140. The molecule has 1 fully saturated rings. The highest BCUT2D eigenvalue weighted by Gasteiger charge is 2.25. The van der Waals surface area contributed by atoms with E-state index in [1.165, 1.54) is 19.3 Å². The van der Waals surface area contributed by atoms with Gasteiger partial charge in [0.05, 0.1) is 19.7 Å². The van der Waals surface area contributed by atoms with Gasteiger partial charge in [-0.25, -0.2) is 0 Å². The summed E-state index contributed by atoms with van der Waals surface area (Å²) >= 11 is 0. The quantitative estimate of drug-likeness (QED) is 0.693. The van der Waals surface area contributed by atoms with E-state index in [1.54, 1.807) is 12.0 Å². The highest BCUT2D eigenvalue weighted by Crippen LogP contribution is 2.22. The van der Waals surface area contributed by atoms with Crippen molar-refractivity contribution in [2.45, 2.75) is 45.1 Å². The molecular weight excluding hydrogens is 272 g/mol. The zero-order valence-electron chi connectivity index (χ0n) is 13.2. The second kappa shape index (κ2) is 9.73. The van der Waals surface area contributed by atoms with E-state index in [0.717, 1.165) is 12.8 Å². The normalized spacial score (nSPS) is 16.1. The highest BCUT2D eigenvalue weighted by molar-refractivity contribution is 5.79. The van der Waals surface area contributed by atoms with Crippen LogP contribution in [0.4, 0.5) is 0 Å². The number of carboxylic acid groups (broad SMARTS) is 1. The van der Waals surface area contributed by atoms with Gasteiger partial charge in [-0.05, 0) is 19.8 Å². The summed E-state index contributed by atoms with van der Waals surface area (Å²) in [5.41, 5.74) is 0. The Kier molecular flexibility index (Phi) is 8.30. The standard InChI is InChI=1S/C15H28N2O4/c1-3-17(13-7-5-4-6-8-13)14(18)11-16(9-10-21-2)12-15(19)20/h13H,3-12H2,1-2H3,(H,19,20). The predicted octanol–water partition coefficient (Wildman–Crippen LogP) is 1.20. The first kappa shape index (κ1) is 17.9. The maximum atomic E-state index is 12.5. The minimum atomic E-state index is -0.917. The summed E-state index contributed by atoms with van der Waals surface area (Å²) in [4.78, 5) is 26.9. The molecule has 0 unspecified atom stereocenters. The molecule has 1 saturated carbocycles. The van der Waals surface area contributed by atoms with Crippen LogP contribution in [0.1, 0.15) is 39.0 Å². The molecule has 0 saturated heterocycles. The summed E-state index contributed by atoms with van der Waals surface area (Å²) < 4.78 is 4.98. The molecule has 21 heavy (non-hydrogen) atoms. The lowest BCUT2D eigenvalue weighted by Gasteiger charge is -2.35. The van der Waals surface area contributed by atoms with Gasteiger partial charge in [0.2, 0.25) is 5.91 Å². The van der Waals surface area contributed by atoms with Gasteiger partial charge in [-0.2, -0.15) is 0 Å². The van der Waals surface area contributed by atoms with Gasteiger partial charge in [-0.1, -0.05) is 19.3 Å². The van der Waals surface area contributed by atoms with E-state index in [1.807, 2.05) is 11.8 Å². The van der Waals surface area contributed by atoms with Gasteiger partial charge in [-0.15, -0.1) is 0 Å². The van der Waals surface area contributed by atoms with Crippen molar-refractivity contribution in [3.8, 4) is 0 Å². The van der Waals surface area contributed by atoms with Gasteiger partial charge in [0.25, 0.3) is 0 Å². The zero-order valence-corrected chi connectivity index (χ0v) is 13.2. The van der Waals surface area contributed by atoms with Crippen LogP contribution in [0, 0.1) is 0 Å². The summed E-state index contributed by atoms with van der Waals surface area (Å²) in [7, 11) is 1.57. The molecule has 0 radical (unpaired) electrons. The van der Waals surface area contributed by atoms with E-state index in [-0.39, 0.29) is 19.0 Å². The molecule has 0 bridgehead atoms. The van der Waals surface area contributed by atoms with Crippen molar-refractivity contribution < 1.29 is 19.4 Å². The maximum Gasteiger partial charge on any atom is 0.317 e. The molecule has 1 aliphatic carbocycles. The Bertz CT molecular complexity index is 330. The number of aliphatic carboxylic acids is 1. The molecule has 122 valence electrons. The number of rotatable bonds is 9. The zero-order chi connectivity index (χ0) is 15.7. The molecule has 1 rings (SSSR count). The summed E-state index contributed by atoms with van der Waals surface area (Å²) in [6.45, 7) is 3.59. The van der Waals surface area contributed by atoms with Crippen LogP contribution in [0.3, 0.4) is 0 Å². The third kappa shape index (κ3) is 6.44. The summed E-state index contributed by atoms with van der Waals surface area (Å²) in [5, 5.41) is 8.93. The van der Waals surface area contributed by atoms with E-state index in [4.69, 9.17) is 9.84 Å². The van der Waals surface area contributed by atoms with Crippen molar-refractivity contribution in [2.75, 3.05) is 39.9 Å². The highest BCUT2D eigenvalue weighted by atomic mass is 16.5. The largest absolute Gasteiger partial charge is 0.480 e. The van der Waals surface area contributed by atoms with Crippen LogP contribution in [0.2, 0.25) is 0 Å². The number of likely N-dealkylation sites (N-methyl/N-ethyl adjacent to an activating group) is 1. The lowest BCUT2D eigenvalue weighted by atomic mass is 9.94. The first-order valence-electron chi connectivity index (χ1n) is 7.81. The van der Waals surface area contributed by atoms with Crippen LogP contribution in [0.25, 0.3) is 0 Å². The SMILES string of the molecule is CCN(C(=O)CN(CCOC)CC(=O)O)C1CCCCC1. The topological polar surface area (TPSA) is 70.1 Å². The van der Waals surface area contributed by atoms with Crippen molar-refractivity contribution in [3.05, 3.63) is 0 Å². The van der Waals surface area contributed by atoms with Crippen LogP contribution in [0.15, 0.2) is 0 Å². The Balaban J connectivity index is 2.57. The third-order valence-electron chi connectivity index (χ3n) is 4.01. The number of ether oxygens (including phenoxy) is 1. The van der Waals surface area contributed by atoms with E-state index in [0.29, 0.717) is 25.7 Å². The minimum Gasteiger partial charge on any atom is -0.480 e. The van der Waals surface area contributed by atoms with Crippen LogP contribution < -0.4 is 0 Å². The number of hydrogen-bond acceptors (Lipinski definition) is 4. The van der Waals surface area contributed by atoms with E-state index >= 15 is 0 Å². The Morgan fingerprint density at radius 2 is 1.86 bits per heavy atom. The number of carbonyl (C=O) groups excluding carboxylic acids is 1. The number of methoxy groups -OCH3 is 1. The molecule has 0 spiro atoms. The fourth-order valence-corrected chi connectivity index (χ4v) is 2.94. The van der Waals surface area contributed by atoms with E-state index < -0.39 is 5.97 Å². The number of carboxylic acids is 1. The molecule has 0 aromatic rings. The summed E-state index contributed by atoms with van der Waals surface area (Å²) in [6.07, 6.45) is 5.74. The Labute approximate surface area is 127 Å². The van der Waals surface area contributed by atoms with Gasteiger partial charge >= 0.3 is 5.97 Å². The molecule has 0 atom stereocenters. The lowest BCUT2D eigenvalue weighted by Crippen LogP contribution is -2.47. The van der Waals surface area contributed by atoms with Crippen LogP contribution >= 0.6 is 0 Å². The monoisotopic (exact) mass is 300 g/mol. The van der Waals surface area contributed by atoms with Crippen LogP contribution in [-0.2, 0) is 14.3 Å². The maximum absolute atomic E-state index is 12.5. The second-order valence-electron chi connectivity index (χ2n) is 5.57. The van der Waals surface area contributed by atoms with Gasteiger partial charge in [0.1, 0.15) is 0 Å². The second-order valence-corrected chi connectivity index (χ2v) is 5.57. The fraction of sp³-hybridized carbons (Fsp3) is 0.867. The molecule has 1 amide bonds. The van der Waals surface area contributed by atoms with Gasteiger partial charge < -0.3 is 14.7 Å². The summed E-state index contributed by atoms with van der Waals surface area (Å²) in [6, 6.07) is 0.324. The first-order chi connectivity index (χ1) is 10.1. The van der Waals surface area contributed by atoms with Crippen molar-refractivity contribution in [3.63, 3.8) is 0 Å². The minimum absolute atomic E-state index is 0.0294. The van der Waals surface area contributed by atoms with Gasteiger partial charge in [0.15, 0.2) is 0 Å². The average Bonchev–Trinajstić information content (AvgIpc) is 2.46. The van der Waals surface area contributed by atoms with Crippen molar-refractivity contribution >= 4 is 11.9 Å². The van der Waals surface area contributed by atoms with E-state index in [2.05, 4.69) is 0 Å².